The molecule has 2 amide bonds. The van der Waals surface area contributed by atoms with E-state index in [2.05, 4.69) is 4.98 Å². The number of pyridine rings is 1. The molecule has 8 nitrogen and oxygen atoms in total. The Balaban J connectivity index is 1.71. The van der Waals surface area contributed by atoms with Crippen molar-refractivity contribution < 1.29 is 19.5 Å². The molecule has 1 aromatic heterocycles. The fourth-order valence-electron chi connectivity index (χ4n) is 4.72. The average Bonchev–Trinajstić information content (AvgIpc) is 3.01. The van der Waals surface area contributed by atoms with E-state index in [1.54, 1.807) is 36.7 Å². The third-order valence-corrected chi connectivity index (χ3v) is 6.90. The van der Waals surface area contributed by atoms with Crippen LogP contribution in [0.5, 0.6) is 0 Å². The Morgan fingerprint density at radius 1 is 0.643 bits per heavy atom. The molecule has 216 valence electrons. The van der Waals surface area contributed by atoms with Gasteiger partial charge in [-0.25, -0.2) is 0 Å². The molecule has 0 bridgehead atoms. The smallest absolute Gasteiger partial charge is 0.305 e. The molecule has 0 fully saturated rings. The minimum absolute atomic E-state index is 0.0351. The summed E-state index contributed by atoms with van der Waals surface area (Å²) in [6.45, 7) is 1.93. The van der Waals surface area contributed by atoms with Gasteiger partial charge in [-0.15, -0.1) is 0 Å². The molecule has 1 heterocycles. The van der Waals surface area contributed by atoms with Crippen molar-refractivity contribution in [2.24, 2.45) is 0 Å². The molecule has 0 spiro atoms. The molecule has 8 heteroatoms. The minimum Gasteiger partial charge on any atom is -0.481 e. The molecule has 1 N–H and O–H groups in total. The fraction of sp³-hybridized carbons (Fsp3) is 0.235. The Labute approximate surface area is 246 Å². The van der Waals surface area contributed by atoms with E-state index >= 15 is 0 Å². The highest BCUT2D eigenvalue weighted by Crippen LogP contribution is 2.30. The van der Waals surface area contributed by atoms with Crippen LogP contribution in [0.4, 0.5) is 0 Å². The maximum Gasteiger partial charge on any atom is 0.305 e. The van der Waals surface area contributed by atoms with Gasteiger partial charge in [0.05, 0.1) is 6.42 Å². The lowest BCUT2D eigenvalue weighted by Crippen LogP contribution is -2.36. The normalized spacial score (nSPS) is 10.8. The molecule has 0 unspecified atom stereocenters. The van der Waals surface area contributed by atoms with E-state index < -0.39 is 5.97 Å². The van der Waals surface area contributed by atoms with Crippen molar-refractivity contribution in [3.8, 4) is 11.1 Å². The van der Waals surface area contributed by atoms with Gasteiger partial charge in [-0.2, -0.15) is 0 Å². The van der Waals surface area contributed by atoms with E-state index in [9.17, 15) is 19.5 Å². The van der Waals surface area contributed by atoms with Crippen LogP contribution < -0.4 is 0 Å². The number of aliphatic carboxylic acids is 1. The molecule has 0 aliphatic heterocycles. The maximum atomic E-state index is 14.1. The number of benzene rings is 3. The van der Waals surface area contributed by atoms with Crippen LogP contribution >= 0.6 is 0 Å². The number of nitrogens with zero attached hydrogens (tertiary/aromatic N) is 4. The minimum atomic E-state index is -0.987. The summed E-state index contributed by atoms with van der Waals surface area (Å²) in [7, 11) is 3.95. The van der Waals surface area contributed by atoms with Gasteiger partial charge in [-0.05, 0) is 54.5 Å². The summed E-state index contributed by atoms with van der Waals surface area (Å²) >= 11 is 0. The SMILES string of the molecule is CN(C)CCN(Cc1ccccc1)C(=O)c1ccccc1-c1ccccc1C(=O)N(CCC(=O)O)Cc1cccnc1. The van der Waals surface area contributed by atoms with Crippen molar-refractivity contribution in [2.45, 2.75) is 19.5 Å². The van der Waals surface area contributed by atoms with E-state index in [-0.39, 0.29) is 31.3 Å². The molecule has 0 radical (unpaired) electrons. The van der Waals surface area contributed by atoms with Crippen LogP contribution in [0, 0.1) is 0 Å². The number of rotatable bonds is 13. The fourth-order valence-corrected chi connectivity index (χ4v) is 4.72. The summed E-state index contributed by atoms with van der Waals surface area (Å²) in [6.07, 6.45) is 3.12. The van der Waals surface area contributed by atoms with Crippen molar-refractivity contribution in [2.75, 3.05) is 33.7 Å². The topological polar surface area (TPSA) is 94.1 Å². The zero-order valence-corrected chi connectivity index (χ0v) is 24.0. The lowest BCUT2D eigenvalue weighted by Gasteiger charge is -2.26. The summed E-state index contributed by atoms with van der Waals surface area (Å²) in [5, 5.41) is 9.35. The molecule has 0 atom stereocenters. The first-order valence-electron chi connectivity index (χ1n) is 13.9. The first kappa shape index (κ1) is 30.1. The monoisotopic (exact) mass is 564 g/mol. The number of carbonyl (C=O) groups is 3. The molecular weight excluding hydrogens is 528 g/mol. The first-order chi connectivity index (χ1) is 20.3. The number of hydrogen-bond donors (Lipinski definition) is 1. The second kappa shape index (κ2) is 14.7. The van der Waals surface area contributed by atoms with Gasteiger partial charge in [0.2, 0.25) is 0 Å². The summed E-state index contributed by atoms with van der Waals surface area (Å²) in [6, 6.07) is 28.0. The van der Waals surface area contributed by atoms with Crippen molar-refractivity contribution >= 4 is 17.8 Å². The Morgan fingerprint density at radius 3 is 1.71 bits per heavy atom. The number of amides is 2. The van der Waals surface area contributed by atoms with Gasteiger partial charge >= 0.3 is 5.97 Å². The molecule has 0 aliphatic carbocycles. The Hall–Kier alpha value is -4.82. The molecule has 4 aromatic rings. The summed E-state index contributed by atoms with van der Waals surface area (Å²) < 4.78 is 0. The molecule has 42 heavy (non-hydrogen) atoms. The van der Waals surface area contributed by atoms with Gasteiger partial charge < -0.3 is 19.8 Å². The number of likely N-dealkylation sites (N-methyl/N-ethyl adjacent to an activating group) is 1. The molecule has 0 saturated carbocycles. The quantitative estimate of drug-likeness (QED) is 0.244. The zero-order chi connectivity index (χ0) is 29.9. The van der Waals surface area contributed by atoms with Gasteiger partial charge in [-0.3, -0.25) is 19.4 Å². The number of carboxylic acid groups (broad SMARTS) is 1. The average molecular weight is 565 g/mol. The third-order valence-electron chi connectivity index (χ3n) is 6.90. The van der Waals surface area contributed by atoms with Crippen LogP contribution in [-0.2, 0) is 17.9 Å². The lowest BCUT2D eigenvalue weighted by molar-refractivity contribution is -0.137. The van der Waals surface area contributed by atoms with Crippen LogP contribution in [0.1, 0.15) is 38.3 Å². The van der Waals surface area contributed by atoms with Crippen LogP contribution in [0.15, 0.2) is 103 Å². The first-order valence-corrected chi connectivity index (χ1v) is 13.9. The van der Waals surface area contributed by atoms with E-state index in [4.69, 9.17) is 0 Å². The lowest BCUT2D eigenvalue weighted by atomic mass is 9.93. The number of hydrogen-bond acceptors (Lipinski definition) is 5. The van der Waals surface area contributed by atoms with E-state index in [1.807, 2.05) is 90.6 Å². The second-order valence-electron chi connectivity index (χ2n) is 10.3. The van der Waals surface area contributed by atoms with E-state index in [1.165, 1.54) is 4.90 Å². The van der Waals surface area contributed by atoms with Crippen LogP contribution in [0.2, 0.25) is 0 Å². The van der Waals surface area contributed by atoms with Gasteiger partial charge in [0, 0.05) is 56.2 Å². The highest BCUT2D eigenvalue weighted by atomic mass is 16.4. The third kappa shape index (κ3) is 8.11. The Morgan fingerprint density at radius 2 is 1.17 bits per heavy atom. The predicted molar refractivity (Wildman–Crippen MR) is 163 cm³/mol. The number of aromatic nitrogens is 1. The molecule has 3 aromatic carbocycles. The van der Waals surface area contributed by atoms with Crippen LogP contribution in [0.3, 0.4) is 0 Å². The van der Waals surface area contributed by atoms with Gasteiger partial charge in [0.15, 0.2) is 0 Å². The highest BCUT2D eigenvalue weighted by Gasteiger charge is 2.25. The predicted octanol–water partition coefficient (Wildman–Crippen LogP) is 5.07. The van der Waals surface area contributed by atoms with E-state index in [0.717, 1.165) is 11.1 Å². The summed E-state index contributed by atoms with van der Waals surface area (Å²) in [5.74, 6) is -1.43. The van der Waals surface area contributed by atoms with Gasteiger partial charge in [0.1, 0.15) is 0 Å². The van der Waals surface area contributed by atoms with Crippen molar-refractivity contribution in [3.63, 3.8) is 0 Å². The molecule has 0 saturated heterocycles. The van der Waals surface area contributed by atoms with Crippen molar-refractivity contribution in [1.29, 1.82) is 0 Å². The molecule has 4 rings (SSSR count). The van der Waals surface area contributed by atoms with Crippen molar-refractivity contribution in [3.05, 3.63) is 126 Å². The van der Waals surface area contributed by atoms with Crippen LogP contribution in [-0.4, -0.2) is 76.3 Å². The van der Waals surface area contributed by atoms with Crippen LogP contribution in [0.25, 0.3) is 11.1 Å². The highest BCUT2D eigenvalue weighted by molar-refractivity contribution is 6.06. The largest absolute Gasteiger partial charge is 0.481 e. The number of carbonyl (C=O) groups excluding carboxylic acids is 2. The summed E-state index contributed by atoms with van der Waals surface area (Å²) in [5.41, 5.74) is 3.98. The Kier molecular flexibility index (Phi) is 10.6. The Bertz CT molecular complexity index is 1490. The van der Waals surface area contributed by atoms with E-state index in [0.29, 0.717) is 41.9 Å². The standard InChI is InChI=1S/C34H36N4O4/c1-36(2)21-22-38(24-26-11-4-3-5-12-26)34(42)31-17-9-7-15-29(31)28-14-6-8-16-30(28)33(41)37(20-18-32(39)40)25-27-13-10-19-35-23-27/h3-17,19,23H,18,20-22,24-25H2,1-2H3,(H,39,40). The number of carboxylic acids is 1. The second-order valence-corrected chi connectivity index (χ2v) is 10.3. The maximum absolute atomic E-state index is 14.1. The molecular formula is C34H36N4O4. The summed E-state index contributed by atoms with van der Waals surface area (Å²) in [4.78, 5) is 49.1. The van der Waals surface area contributed by atoms with Crippen molar-refractivity contribution in [1.82, 2.24) is 19.7 Å². The zero-order valence-electron chi connectivity index (χ0n) is 24.0. The molecule has 0 aliphatic rings. The van der Waals surface area contributed by atoms with Gasteiger partial charge in [0.25, 0.3) is 11.8 Å². The van der Waals surface area contributed by atoms with Gasteiger partial charge in [-0.1, -0.05) is 72.8 Å².